The molecule has 1 aliphatic rings. The Morgan fingerprint density at radius 1 is 1.37 bits per heavy atom. The zero-order valence-corrected chi connectivity index (χ0v) is 12.1. The third kappa shape index (κ3) is 3.16. The van der Waals surface area contributed by atoms with Crippen molar-refractivity contribution in [1.82, 2.24) is 10.2 Å². The van der Waals surface area contributed by atoms with E-state index in [1.807, 2.05) is 24.1 Å². The number of hydrogen-bond donors (Lipinski definition) is 1. The van der Waals surface area contributed by atoms with Crippen LogP contribution in [0.15, 0.2) is 24.3 Å². The molecule has 0 radical (unpaired) electrons. The molecule has 1 aromatic rings. The topological polar surface area (TPSA) is 32.3 Å². The molecule has 1 fully saturated rings. The number of hydrogen-bond acceptors (Lipinski definition) is 2. The minimum absolute atomic E-state index is 0.174. The van der Waals surface area contributed by atoms with Crippen LogP contribution in [-0.2, 0) is 0 Å². The highest BCUT2D eigenvalue weighted by Gasteiger charge is 2.28. The van der Waals surface area contributed by atoms with Crippen LogP contribution in [0, 0.1) is 0 Å². The van der Waals surface area contributed by atoms with Gasteiger partial charge in [0.15, 0.2) is 0 Å². The summed E-state index contributed by atoms with van der Waals surface area (Å²) in [5, 5.41) is 3.18. The van der Waals surface area contributed by atoms with E-state index in [4.69, 9.17) is 0 Å². The monoisotopic (exact) mass is 260 g/mol. The quantitative estimate of drug-likeness (QED) is 0.902. The summed E-state index contributed by atoms with van der Waals surface area (Å²) in [6.07, 6.45) is 2.22. The minimum atomic E-state index is 0.174. The molecule has 3 heteroatoms. The predicted molar refractivity (Wildman–Crippen MR) is 78.5 cm³/mol. The van der Waals surface area contributed by atoms with E-state index in [0.29, 0.717) is 12.0 Å². The van der Waals surface area contributed by atoms with Gasteiger partial charge in [-0.15, -0.1) is 0 Å². The van der Waals surface area contributed by atoms with Gasteiger partial charge in [-0.3, -0.25) is 4.79 Å². The summed E-state index contributed by atoms with van der Waals surface area (Å²) >= 11 is 0. The van der Waals surface area contributed by atoms with Gasteiger partial charge in [0.1, 0.15) is 0 Å². The maximum absolute atomic E-state index is 12.5. The van der Waals surface area contributed by atoms with E-state index in [9.17, 15) is 4.79 Å². The van der Waals surface area contributed by atoms with Gasteiger partial charge in [0, 0.05) is 24.7 Å². The van der Waals surface area contributed by atoms with Gasteiger partial charge in [-0.05, 0) is 43.5 Å². The van der Waals surface area contributed by atoms with E-state index >= 15 is 0 Å². The molecule has 19 heavy (non-hydrogen) atoms. The molecule has 0 aromatic heterocycles. The number of carbonyl (C=O) groups is 1. The molecule has 3 nitrogen and oxygen atoms in total. The van der Waals surface area contributed by atoms with E-state index in [-0.39, 0.29) is 5.91 Å². The van der Waals surface area contributed by atoms with E-state index in [0.717, 1.165) is 31.5 Å². The lowest BCUT2D eigenvalue weighted by Crippen LogP contribution is -2.40. The second-order valence-corrected chi connectivity index (χ2v) is 5.63. The van der Waals surface area contributed by atoms with Gasteiger partial charge in [0.2, 0.25) is 0 Å². The first-order valence-electron chi connectivity index (χ1n) is 7.19. The molecule has 1 amide bonds. The number of nitrogens with one attached hydrogen (secondary N) is 1. The standard InChI is InChI=1S/C16H24N2O/c1-12(2)13-6-8-14(9-7-13)16(19)18-10-4-5-15(18)11-17-3/h6-9,12,15,17H,4-5,10-11H2,1-3H3/t15-/m0/s1. The molecule has 0 unspecified atom stereocenters. The summed E-state index contributed by atoms with van der Waals surface area (Å²) in [6.45, 7) is 6.10. The lowest BCUT2D eigenvalue weighted by Gasteiger charge is -2.24. The fraction of sp³-hybridized carbons (Fsp3) is 0.562. The van der Waals surface area contributed by atoms with Crippen LogP contribution in [0.2, 0.25) is 0 Å². The number of likely N-dealkylation sites (tertiary alicyclic amines) is 1. The largest absolute Gasteiger partial charge is 0.334 e. The number of nitrogens with zero attached hydrogens (tertiary/aromatic N) is 1. The Morgan fingerprint density at radius 3 is 2.63 bits per heavy atom. The van der Waals surface area contributed by atoms with Crippen LogP contribution in [0.25, 0.3) is 0 Å². The molecule has 0 aliphatic carbocycles. The van der Waals surface area contributed by atoms with Gasteiger partial charge >= 0.3 is 0 Å². The van der Waals surface area contributed by atoms with Crippen molar-refractivity contribution in [2.24, 2.45) is 0 Å². The Labute approximate surface area is 116 Å². The smallest absolute Gasteiger partial charge is 0.254 e. The fourth-order valence-corrected chi connectivity index (χ4v) is 2.73. The molecule has 1 saturated heterocycles. The van der Waals surface area contributed by atoms with Gasteiger partial charge < -0.3 is 10.2 Å². The SMILES string of the molecule is CNC[C@@H]1CCCN1C(=O)c1ccc(C(C)C)cc1. The van der Waals surface area contributed by atoms with Crippen molar-refractivity contribution >= 4 is 5.91 Å². The maximum atomic E-state index is 12.5. The Morgan fingerprint density at radius 2 is 2.05 bits per heavy atom. The molecule has 0 saturated carbocycles. The van der Waals surface area contributed by atoms with Gasteiger partial charge in [0.05, 0.1) is 0 Å². The molecule has 2 rings (SSSR count). The van der Waals surface area contributed by atoms with Gasteiger partial charge in [-0.2, -0.15) is 0 Å². The second kappa shape index (κ2) is 6.20. The molecule has 0 bridgehead atoms. The summed E-state index contributed by atoms with van der Waals surface area (Å²) < 4.78 is 0. The first-order valence-corrected chi connectivity index (χ1v) is 7.19. The Bertz CT molecular complexity index is 425. The van der Waals surface area contributed by atoms with Crippen molar-refractivity contribution < 1.29 is 4.79 Å². The highest BCUT2D eigenvalue weighted by molar-refractivity contribution is 5.94. The van der Waals surface area contributed by atoms with Crippen LogP contribution in [-0.4, -0.2) is 37.0 Å². The van der Waals surface area contributed by atoms with Crippen LogP contribution in [0.5, 0.6) is 0 Å². The number of amides is 1. The third-order valence-electron chi connectivity index (χ3n) is 3.90. The lowest BCUT2D eigenvalue weighted by molar-refractivity contribution is 0.0737. The van der Waals surface area contributed by atoms with E-state index in [2.05, 4.69) is 31.3 Å². The molecule has 1 aliphatic heterocycles. The molecular formula is C16H24N2O. The van der Waals surface area contributed by atoms with Crippen LogP contribution >= 0.6 is 0 Å². The molecule has 1 N–H and O–H groups in total. The molecule has 0 spiro atoms. The molecule has 1 aromatic carbocycles. The first kappa shape index (κ1) is 14.1. The van der Waals surface area contributed by atoms with E-state index in [1.54, 1.807) is 0 Å². The summed E-state index contributed by atoms with van der Waals surface area (Å²) in [5.41, 5.74) is 2.09. The van der Waals surface area contributed by atoms with Crippen molar-refractivity contribution in [3.8, 4) is 0 Å². The van der Waals surface area contributed by atoms with Crippen molar-refractivity contribution in [3.63, 3.8) is 0 Å². The number of likely N-dealkylation sites (N-methyl/N-ethyl adjacent to an activating group) is 1. The summed E-state index contributed by atoms with van der Waals surface area (Å²) in [7, 11) is 1.94. The van der Waals surface area contributed by atoms with E-state index < -0.39 is 0 Å². The zero-order chi connectivity index (χ0) is 13.8. The van der Waals surface area contributed by atoms with Crippen LogP contribution in [0.4, 0.5) is 0 Å². The highest BCUT2D eigenvalue weighted by Crippen LogP contribution is 2.21. The Hall–Kier alpha value is -1.35. The zero-order valence-electron chi connectivity index (χ0n) is 12.1. The average Bonchev–Trinajstić information content (AvgIpc) is 2.87. The normalized spacial score (nSPS) is 19.2. The molecule has 1 atom stereocenters. The number of carbonyl (C=O) groups excluding carboxylic acids is 1. The maximum Gasteiger partial charge on any atom is 0.254 e. The fourth-order valence-electron chi connectivity index (χ4n) is 2.73. The number of benzene rings is 1. The Kier molecular flexibility index (Phi) is 4.59. The highest BCUT2D eigenvalue weighted by atomic mass is 16.2. The van der Waals surface area contributed by atoms with Crippen LogP contribution in [0.1, 0.15) is 48.5 Å². The van der Waals surface area contributed by atoms with Crippen molar-refractivity contribution in [2.45, 2.75) is 38.6 Å². The summed E-state index contributed by atoms with van der Waals surface area (Å²) in [6, 6.07) is 8.42. The molecule has 1 heterocycles. The second-order valence-electron chi connectivity index (χ2n) is 5.63. The van der Waals surface area contributed by atoms with Crippen molar-refractivity contribution in [2.75, 3.05) is 20.1 Å². The van der Waals surface area contributed by atoms with Crippen LogP contribution in [0.3, 0.4) is 0 Å². The number of rotatable bonds is 4. The lowest BCUT2D eigenvalue weighted by atomic mass is 10.0. The van der Waals surface area contributed by atoms with Gasteiger partial charge in [-0.1, -0.05) is 26.0 Å². The van der Waals surface area contributed by atoms with E-state index in [1.165, 1.54) is 5.56 Å². The summed E-state index contributed by atoms with van der Waals surface area (Å²) in [5.74, 6) is 0.682. The molecule has 104 valence electrons. The average molecular weight is 260 g/mol. The van der Waals surface area contributed by atoms with Gasteiger partial charge in [-0.25, -0.2) is 0 Å². The Balaban J connectivity index is 2.10. The predicted octanol–water partition coefficient (Wildman–Crippen LogP) is 2.63. The minimum Gasteiger partial charge on any atom is -0.334 e. The van der Waals surface area contributed by atoms with Gasteiger partial charge in [0.25, 0.3) is 5.91 Å². The summed E-state index contributed by atoms with van der Waals surface area (Å²) in [4.78, 5) is 14.5. The van der Waals surface area contributed by atoms with Crippen molar-refractivity contribution in [3.05, 3.63) is 35.4 Å². The first-order chi connectivity index (χ1) is 9.13. The third-order valence-corrected chi connectivity index (χ3v) is 3.90. The van der Waals surface area contributed by atoms with Crippen molar-refractivity contribution in [1.29, 1.82) is 0 Å². The molecular weight excluding hydrogens is 236 g/mol. The van der Waals surface area contributed by atoms with Crippen LogP contribution < -0.4 is 5.32 Å².